The molecule has 0 atom stereocenters. The van der Waals surface area contributed by atoms with Crippen LogP contribution in [0.15, 0.2) is 29.6 Å². The number of benzene rings is 1. The molecule has 0 aliphatic carbocycles. The summed E-state index contributed by atoms with van der Waals surface area (Å²) in [4.78, 5) is 16.3. The van der Waals surface area contributed by atoms with Gasteiger partial charge in [0.05, 0.1) is 0 Å². The number of carbonyl (C=O) groups excluding carboxylic acids is 1. The van der Waals surface area contributed by atoms with E-state index >= 15 is 0 Å². The quantitative estimate of drug-likeness (QED) is 0.753. The van der Waals surface area contributed by atoms with Crippen LogP contribution in [0.4, 0.5) is 0 Å². The van der Waals surface area contributed by atoms with Gasteiger partial charge < -0.3 is 11.1 Å². The summed E-state index contributed by atoms with van der Waals surface area (Å²) in [5.74, 6) is 0.379. The van der Waals surface area contributed by atoms with Crippen molar-refractivity contribution in [1.82, 2.24) is 10.3 Å². The Balaban J connectivity index is 0.00000242. The molecule has 1 heterocycles. The van der Waals surface area contributed by atoms with Crippen LogP contribution in [0.3, 0.4) is 0 Å². The fraction of sp³-hybridized carbons (Fsp3) is 0.375. The Morgan fingerprint density at radius 1 is 1.26 bits per heavy atom. The molecule has 23 heavy (non-hydrogen) atoms. The number of thiazole rings is 1. The monoisotopic (exact) mass is 375 g/mol. The molecule has 0 unspecified atom stereocenters. The van der Waals surface area contributed by atoms with Crippen molar-refractivity contribution in [2.75, 3.05) is 13.1 Å². The van der Waals surface area contributed by atoms with Gasteiger partial charge in [0.1, 0.15) is 10.7 Å². The van der Waals surface area contributed by atoms with Gasteiger partial charge in [0.25, 0.3) is 5.91 Å². The first-order chi connectivity index (χ1) is 10.1. The van der Waals surface area contributed by atoms with Gasteiger partial charge in [-0.1, -0.05) is 38.1 Å². The Morgan fingerprint density at radius 3 is 2.48 bits per heavy atom. The van der Waals surface area contributed by atoms with Crippen molar-refractivity contribution in [2.45, 2.75) is 26.2 Å². The van der Waals surface area contributed by atoms with Crippen LogP contribution < -0.4 is 11.1 Å². The fourth-order valence-corrected chi connectivity index (χ4v) is 2.72. The lowest BCUT2D eigenvalue weighted by atomic mass is 10.0. The van der Waals surface area contributed by atoms with Crippen LogP contribution in [0.1, 0.15) is 42.2 Å². The topological polar surface area (TPSA) is 68.0 Å². The Bertz CT molecular complexity index is 600. The van der Waals surface area contributed by atoms with Crippen molar-refractivity contribution in [3.8, 4) is 10.6 Å². The van der Waals surface area contributed by atoms with Gasteiger partial charge in [-0.2, -0.15) is 0 Å². The third-order valence-corrected chi connectivity index (χ3v) is 4.12. The zero-order valence-corrected chi connectivity index (χ0v) is 15.7. The highest BCUT2D eigenvalue weighted by Crippen LogP contribution is 2.25. The first kappa shape index (κ1) is 21.9. The number of amides is 1. The first-order valence-electron chi connectivity index (χ1n) is 7.16. The van der Waals surface area contributed by atoms with Crippen molar-refractivity contribution in [3.63, 3.8) is 0 Å². The van der Waals surface area contributed by atoms with Crippen LogP contribution in [0, 0.1) is 0 Å². The van der Waals surface area contributed by atoms with E-state index < -0.39 is 0 Å². The summed E-state index contributed by atoms with van der Waals surface area (Å²) in [6.07, 6.45) is 0.777. The van der Waals surface area contributed by atoms with Crippen LogP contribution in [0.5, 0.6) is 0 Å². The van der Waals surface area contributed by atoms with Gasteiger partial charge in [0.2, 0.25) is 0 Å². The Kier molecular flexibility index (Phi) is 10.1. The van der Waals surface area contributed by atoms with Gasteiger partial charge in [-0.15, -0.1) is 36.2 Å². The molecular weight excluding hydrogens is 353 g/mol. The Hall–Kier alpha value is -1.14. The molecule has 0 spiro atoms. The summed E-state index contributed by atoms with van der Waals surface area (Å²) in [5, 5.41) is 5.48. The summed E-state index contributed by atoms with van der Waals surface area (Å²) in [6, 6.07) is 8.35. The normalized spacial score (nSPS) is 9.91. The molecule has 2 rings (SSSR count). The van der Waals surface area contributed by atoms with Crippen molar-refractivity contribution in [2.24, 2.45) is 5.73 Å². The molecule has 0 aliphatic heterocycles. The zero-order chi connectivity index (χ0) is 15.2. The van der Waals surface area contributed by atoms with Gasteiger partial charge in [0.15, 0.2) is 0 Å². The van der Waals surface area contributed by atoms with Crippen LogP contribution in [0.25, 0.3) is 10.6 Å². The third-order valence-electron chi connectivity index (χ3n) is 3.23. The van der Waals surface area contributed by atoms with E-state index in [0.29, 0.717) is 24.7 Å². The van der Waals surface area contributed by atoms with E-state index in [0.717, 1.165) is 17.0 Å². The highest BCUT2D eigenvalue weighted by atomic mass is 35.5. The van der Waals surface area contributed by atoms with Crippen molar-refractivity contribution >= 4 is 42.1 Å². The van der Waals surface area contributed by atoms with Gasteiger partial charge in [-0.05, 0) is 24.4 Å². The molecule has 7 heteroatoms. The lowest BCUT2D eigenvalue weighted by molar-refractivity contribution is 0.0949. The smallest absolute Gasteiger partial charge is 0.270 e. The third kappa shape index (κ3) is 6.11. The molecule has 1 aromatic heterocycles. The lowest BCUT2D eigenvalue weighted by Gasteiger charge is -2.05. The van der Waals surface area contributed by atoms with Gasteiger partial charge in [-0.25, -0.2) is 4.98 Å². The maximum absolute atomic E-state index is 11.9. The molecular formula is C16H23Cl2N3OS. The standard InChI is InChI=1S/C16H21N3OS.2ClH/c1-11(2)12-4-6-13(7-5-12)16-19-14(10-21-16)15(20)18-9-3-8-17;;/h4-7,10-11H,3,8-9,17H2,1-2H3,(H,18,20);2*1H. The molecule has 1 amide bonds. The number of aromatic nitrogens is 1. The maximum atomic E-state index is 11.9. The molecule has 0 radical (unpaired) electrons. The molecule has 0 aliphatic rings. The van der Waals surface area contributed by atoms with E-state index in [9.17, 15) is 4.79 Å². The molecule has 0 saturated carbocycles. The molecule has 4 nitrogen and oxygen atoms in total. The van der Waals surface area contributed by atoms with Crippen molar-refractivity contribution in [3.05, 3.63) is 40.9 Å². The Morgan fingerprint density at radius 2 is 1.91 bits per heavy atom. The van der Waals surface area contributed by atoms with Crippen LogP contribution in [-0.2, 0) is 0 Å². The number of nitrogens with zero attached hydrogens (tertiary/aromatic N) is 1. The summed E-state index contributed by atoms with van der Waals surface area (Å²) in [6.45, 7) is 5.50. The molecule has 128 valence electrons. The SMILES string of the molecule is CC(C)c1ccc(-c2nc(C(=O)NCCCN)cs2)cc1.Cl.Cl. The second kappa shape index (κ2) is 10.6. The largest absolute Gasteiger partial charge is 0.351 e. The number of hydrogen-bond acceptors (Lipinski definition) is 4. The summed E-state index contributed by atoms with van der Waals surface area (Å²) in [7, 11) is 0. The molecule has 0 fully saturated rings. The van der Waals surface area contributed by atoms with Crippen LogP contribution >= 0.6 is 36.2 Å². The number of nitrogens with one attached hydrogen (secondary N) is 1. The van der Waals surface area contributed by atoms with E-state index in [4.69, 9.17) is 5.73 Å². The lowest BCUT2D eigenvalue weighted by Crippen LogP contribution is -2.26. The van der Waals surface area contributed by atoms with E-state index in [1.165, 1.54) is 16.9 Å². The van der Waals surface area contributed by atoms with Gasteiger partial charge in [0, 0.05) is 17.5 Å². The predicted octanol–water partition coefficient (Wildman–Crippen LogP) is 3.86. The van der Waals surface area contributed by atoms with Gasteiger partial charge >= 0.3 is 0 Å². The average molecular weight is 376 g/mol. The van der Waals surface area contributed by atoms with E-state index in [1.807, 2.05) is 0 Å². The average Bonchev–Trinajstić information content (AvgIpc) is 2.97. The van der Waals surface area contributed by atoms with Crippen molar-refractivity contribution < 1.29 is 4.79 Å². The van der Waals surface area contributed by atoms with Crippen LogP contribution in [0.2, 0.25) is 0 Å². The summed E-state index contributed by atoms with van der Waals surface area (Å²) in [5.41, 5.74) is 8.22. The summed E-state index contributed by atoms with van der Waals surface area (Å²) < 4.78 is 0. The highest BCUT2D eigenvalue weighted by Gasteiger charge is 2.11. The van der Waals surface area contributed by atoms with Gasteiger partial charge in [-0.3, -0.25) is 4.79 Å². The zero-order valence-electron chi connectivity index (χ0n) is 13.2. The van der Waals surface area contributed by atoms with E-state index in [2.05, 4.69) is 48.4 Å². The number of halogens is 2. The van der Waals surface area contributed by atoms with E-state index in [-0.39, 0.29) is 30.7 Å². The minimum atomic E-state index is -0.134. The number of carbonyl (C=O) groups is 1. The fourth-order valence-electron chi connectivity index (χ4n) is 1.92. The maximum Gasteiger partial charge on any atom is 0.270 e. The Labute approximate surface area is 153 Å². The minimum Gasteiger partial charge on any atom is -0.351 e. The number of rotatable bonds is 6. The summed E-state index contributed by atoms with van der Waals surface area (Å²) >= 11 is 1.49. The van der Waals surface area contributed by atoms with Crippen LogP contribution in [-0.4, -0.2) is 24.0 Å². The first-order valence-corrected chi connectivity index (χ1v) is 8.04. The number of hydrogen-bond donors (Lipinski definition) is 2. The number of nitrogens with two attached hydrogens (primary N) is 1. The molecule has 0 saturated heterocycles. The molecule has 3 N–H and O–H groups in total. The highest BCUT2D eigenvalue weighted by molar-refractivity contribution is 7.13. The molecule has 1 aromatic carbocycles. The van der Waals surface area contributed by atoms with E-state index in [1.54, 1.807) is 5.38 Å². The minimum absolute atomic E-state index is 0. The van der Waals surface area contributed by atoms with Crippen molar-refractivity contribution in [1.29, 1.82) is 0 Å². The second-order valence-corrected chi connectivity index (χ2v) is 6.07. The second-order valence-electron chi connectivity index (χ2n) is 5.21. The molecule has 2 aromatic rings. The molecule has 0 bridgehead atoms. The predicted molar refractivity (Wildman–Crippen MR) is 102 cm³/mol.